The van der Waals surface area contributed by atoms with Crippen molar-refractivity contribution in [2.45, 2.75) is 0 Å². The third-order valence-electron chi connectivity index (χ3n) is 2.67. The predicted octanol–water partition coefficient (Wildman–Crippen LogP) is 1.70. The molecule has 0 aromatic heterocycles. The van der Waals surface area contributed by atoms with E-state index in [0.29, 0.717) is 5.56 Å². The number of hydrogen-bond donors (Lipinski definition) is 2. The van der Waals surface area contributed by atoms with Crippen LogP contribution >= 0.6 is 0 Å². The van der Waals surface area contributed by atoms with E-state index in [0.717, 1.165) is 11.1 Å². The van der Waals surface area contributed by atoms with Crippen LogP contribution in [0.3, 0.4) is 0 Å². The van der Waals surface area contributed by atoms with Gasteiger partial charge in [-0.05, 0) is 35.4 Å². The quantitative estimate of drug-likeness (QED) is 0.828. The molecule has 20 heavy (non-hydrogen) atoms. The first-order valence-corrected chi connectivity index (χ1v) is 5.91. The lowest BCUT2D eigenvalue weighted by Crippen LogP contribution is -2.20. The summed E-state index contributed by atoms with van der Waals surface area (Å²) < 4.78 is 4.70. The Kier molecular flexibility index (Phi) is 4.00. The minimum Gasteiger partial charge on any atom is -0.508 e. The summed E-state index contributed by atoms with van der Waals surface area (Å²) in [7, 11) is 0. The van der Waals surface area contributed by atoms with Gasteiger partial charge in [-0.25, -0.2) is 4.79 Å². The lowest BCUT2D eigenvalue weighted by molar-refractivity contribution is -0.121. The highest BCUT2D eigenvalue weighted by molar-refractivity contribution is 5.91. The van der Waals surface area contributed by atoms with Crippen molar-refractivity contribution in [3.05, 3.63) is 54.1 Å². The Balaban J connectivity index is 2.11. The van der Waals surface area contributed by atoms with Gasteiger partial charge in [0.25, 0.3) is 5.91 Å². The van der Waals surface area contributed by atoms with E-state index in [2.05, 4.69) is 0 Å². The third-order valence-corrected chi connectivity index (χ3v) is 2.67. The Morgan fingerprint density at radius 2 is 1.45 bits per heavy atom. The number of rotatable bonds is 4. The van der Waals surface area contributed by atoms with Crippen LogP contribution in [0.15, 0.2) is 48.5 Å². The molecule has 1 amide bonds. The molecule has 0 aliphatic carbocycles. The van der Waals surface area contributed by atoms with Crippen LogP contribution in [0.25, 0.3) is 11.1 Å². The molecule has 3 N–H and O–H groups in total. The largest absolute Gasteiger partial charge is 0.508 e. The van der Waals surface area contributed by atoms with Crippen molar-refractivity contribution in [3.63, 3.8) is 0 Å². The first kappa shape index (κ1) is 13.6. The molecule has 0 aliphatic rings. The van der Waals surface area contributed by atoms with Gasteiger partial charge in [0, 0.05) is 0 Å². The van der Waals surface area contributed by atoms with Gasteiger partial charge in [0.05, 0.1) is 5.56 Å². The summed E-state index contributed by atoms with van der Waals surface area (Å²) in [6, 6.07) is 13.4. The van der Waals surface area contributed by atoms with Crippen molar-refractivity contribution in [1.29, 1.82) is 0 Å². The number of carbonyl (C=O) groups excluding carboxylic acids is 2. The molecule has 0 aliphatic heterocycles. The van der Waals surface area contributed by atoms with Crippen molar-refractivity contribution in [1.82, 2.24) is 0 Å². The first-order chi connectivity index (χ1) is 9.56. The zero-order valence-electron chi connectivity index (χ0n) is 10.6. The molecular weight excluding hydrogens is 258 g/mol. The van der Waals surface area contributed by atoms with E-state index in [4.69, 9.17) is 10.5 Å². The number of aromatic hydroxyl groups is 1. The maximum Gasteiger partial charge on any atom is 0.338 e. The van der Waals surface area contributed by atoms with Crippen molar-refractivity contribution >= 4 is 11.9 Å². The minimum absolute atomic E-state index is 0.195. The van der Waals surface area contributed by atoms with Gasteiger partial charge < -0.3 is 15.6 Å². The lowest BCUT2D eigenvalue weighted by Gasteiger charge is -2.05. The number of primary amides is 1. The summed E-state index contributed by atoms with van der Waals surface area (Å²) in [5, 5.41) is 9.23. The minimum atomic E-state index is -0.695. The maximum atomic E-state index is 11.6. The zero-order chi connectivity index (χ0) is 14.5. The van der Waals surface area contributed by atoms with E-state index in [1.165, 1.54) is 0 Å². The second-order valence-electron chi connectivity index (χ2n) is 4.17. The maximum absolute atomic E-state index is 11.6. The van der Waals surface area contributed by atoms with Gasteiger partial charge in [-0.15, -0.1) is 0 Å². The van der Waals surface area contributed by atoms with Crippen LogP contribution in [0.1, 0.15) is 10.4 Å². The van der Waals surface area contributed by atoms with Crippen LogP contribution in [0.2, 0.25) is 0 Å². The number of ether oxygens (including phenoxy) is 1. The Morgan fingerprint density at radius 1 is 0.950 bits per heavy atom. The van der Waals surface area contributed by atoms with Crippen LogP contribution in [0.5, 0.6) is 5.75 Å². The number of phenolic OH excluding ortho intramolecular Hbond substituents is 1. The Labute approximate surface area is 115 Å². The molecule has 0 atom stereocenters. The predicted molar refractivity (Wildman–Crippen MR) is 73.0 cm³/mol. The van der Waals surface area contributed by atoms with Crippen LogP contribution < -0.4 is 5.73 Å². The number of carbonyl (C=O) groups is 2. The molecule has 5 heteroatoms. The summed E-state index contributed by atoms with van der Waals surface area (Å²) in [5.74, 6) is -1.10. The van der Waals surface area contributed by atoms with Crippen molar-refractivity contribution in [2.75, 3.05) is 6.61 Å². The Morgan fingerprint density at radius 3 is 1.95 bits per heavy atom. The van der Waals surface area contributed by atoms with Crippen molar-refractivity contribution in [2.24, 2.45) is 5.73 Å². The zero-order valence-corrected chi connectivity index (χ0v) is 10.6. The molecule has 0 fully saturated rings. The summed E-state index contributed by atoms with van der Waals surface area (Å²) in [6.07, 6.45) is 0. The van der Waals surface area contributed by atoms with E-state index < -0.39 is 18.5 Å². The summed E-state index contributed by atoms with van der Waals surface area (Å²) in [4.78, 5) is 22.1. The van der Waals surface area contributed by atoms with E-state index in [9.17, 15) is 14.7 Å². The molecule has 2 rings (SSSR count). The summed E-state index contributed by atoms with van der Waals surface area (Å²) in [5.41, 5.74) is 7.05. The van der Waals surface area contributed by atoms with Gasteiger partial charge in [-0.3, -0.25) is 4.79 Å². The van der Waals surface area contributed by atoms with Crippen molar-refractivity contribution < 1.29 is 19.4 Å². The molecule has 0 radical (unpaired) electrons. The number of benzene rings is 2. The molecule has 102 valence electrons. The van der Waals surface area contributed by atoms with Gasteiger partial charge in [0.1, 0.15) is 5.75 Å². The van der Waals surface area contributed by atoms with Crippen LogP contribution in [0, 0.1) is 0 Å². The molecule has 0 saturated heterocycles. The second-order valence-corrected chi connectivity index (χ2v) is 4.17. The van der Waals surface area contributed by atoms with Gasteiger partial charge in [-0.2, -0.15) is 0 Å². The number of nitrogens with two attached hydrogens (primary N) is 1. The molecular formula is C15H13NO4. The molecule has 0 bridgehead atoms. The highest BCUT2D eigenvalue weighted by atomic mass is 16.5. The second kappa shape index (κ2) is 5.88. The van der Waals surface area contributed by atoms with Gasteiger partial charge in [0.15, 0.2) is 6.61 Å². The average molecular weight is 271 g/mol. The number of phenols is 1. The molecule has 0 spiro atoms. The van der Waals surface area contributed by atoms with E-state index in [-0.39, 0.29) is 5.75 Å². The first-order valence-electron chi connectivity index (χ1n) is 5.91. The molecule has 2 aromatic rings. The third kappa shape index (κ3) is 3.35. The van der Waals surface area contributed by atoms with Gasteiger partial charge in [0.2, 0.25) is 0 Å². The van der Waals surface area contributed by atoms with E-state index >= 15 is 0 Å². The fourth-order valence-corrected chi connectivity index (χ4v) is 1.67. The highest BCUT2D eigenvalue weighted by Crippen LogP contribution is 2.22. The Hall–Kier alpha value is -2.82. The SMILES string of the molecule is NC(=O)COC(=O)c1ccc(-c2ccc(O)cc2)cc1. The van der Waals surface area contributed by atoms with E-state index in [1.54, 1.807) is 48.5 Å². The van der Waals surface area contributed by atoms with Crippen LogP contribution in [-0.4, -0.2) is 23.6 Å². The lowest BCUT2D eigenvalue weighted by atomic mass is 10.0. The number of hydrogen-bond acceptors (Lipinski definition) is 4. The standard InChI is InChI=1S/C15H13NO4/c16-14(18)9-20-15(19)12-3-1-10(2-4-12)11-5-7-13(17)8-6-11/h1-8,17H,9H2,(H2,16,18). The average Bonchev–Trinajstić information content (AvgIpc) is 2.46. The molecule has 0 saturated carbocycles. The molecule has 0 heterocycles. The molecule has 2 aromatic carbocycles. The normalized spacial score (nSPS) is 10.0. The van der Waals surface area contributed by atoms with E-state index in [1.807, 2.05) is 0 Å². The number of esters is 1. The highest BCUT2D eigenvalue weighted by Gasteiger charge is 2.08. The van der Waals surface area contributed by atoms with Crippen molar-refractivity contribution in [3.8, 4) is 16.9 Å². The van der Waals surface area contributed by atoms with Crippen LogP contribution in [0.4, 0.5) is 0 Å². The van der Waals surface area contributed by atoms with Gasteiger partial charge in [-0.1, -0.05) is 24.3 Å². The molecule has 0 unspecified atom stereocenters. The topological polar surface area (TPSA) is 89.6 Å². The molecule has 5 nitrogen and oxygen atoms in total. The number of amides is 1. The Bertz CT molecular complexity index is 617. The van der Waals surface area contributed by atoms with Gasteiger partial charge >= 0.3 is 5.97 Å². The fraction of sp³-hybridized carbons (Fsp3) is 0.0667. The summed E-state index contributed by atoms with van der Waals surface area (Å²) >= 11 is 0. The smallest absolute Gasteiger partial charge is 0.338 e. The monoisotopic (exact) mass is 271 g/mol. The fourth-order valence-electron chi connectivity index (χ4n) is 1.67. The van der Waals surface area contributed by atoms with Crippen LogP contribution in [-0.2, 0) is 9.53 Å². The summed E-state index contributed by atoms with van der Waals surface area (Å²) in [6.45, 7) is -0.432.